The molecule has 2 rings (SSSR count). The SMILES string of the molecule is CCNC(=O)N1CCC(NC(=O)C2(C)CC(C)=NO2)CC1. The van der Waals surface area contributed by atoms with Crippen molar-refractivity contribution in [2.75, 3.05) is 19.6 Å². The molecule has 1 unspecified atom stereocenters. The van der Waals surface area contributed by atoms with Crippen LogP contribution in [0.15, 0.2) is 5.16 Å². The average Bonchev–Trinajstić information content (AvgIpc) is 2.81. The van der Waals surface area contributed by atoms with Crippen LogP contribution in [0.25, 0.3) is 0 Å². The third-order valence-corrected chi connectivity index (χ3v) is 3.92. The average molecular weight is 296 g/mol. The number of amides is 3. The molecule has 1 fully saturated rings. The number of rotatable bonds is 3. The van der Waals surface area contributed by atoms with Crippen molar-refractivity contribution in [1.82, 2.24) is 15.5 Å². The molecule has 0 aromatic carbocycles. The predicted molar refractivity (Wildman–Crippen MR) is 79.0 cm³/mol. The first-order chi connectivity index (χ1) is 9.94. The van der Waals surface area contributed by atoms with Crippen molar-refractivity contribution in [3.63, 3.8) is 0 Å². The highest BCUT2D eigenvalue weighted by Gasteiger charge is 2.41. The first-order valence-electron chi connectivity index (χ1n) is 7.50. The summed E-state index contributed by atoms with van der Waals surface area (Å²) in [6.07, 6.45) is 2.05. The number of nitrogens with one attached hydrogen (secondary N) is 2. The minimum Gasteiger partial charge on any atom is -0.379 e. The topological polar surface area (TPSA) is 83.0 Å². The van der Waals surface area contributed by atoms with Crippen LogP contribution < -0.4 is 10.6 Å². The first kappa shape index (κ1) is 15.6. The Morgan fingerprint density at radius 1 is 1.43 bits per heavy atom. The second kappa shape index (κ2) is 6.32. The lowest BCUT2D eigenvalue weighted by atomic mass is 9.97. The van der Waals surface area contributed by atoms with Gasteiger partial charge >= 0.3 is 6.03 Å². The van der Waals surface area contributed by atoms with Crippen LogP contribution in [0.1, 0.15) is 40.0 Å². The molecule has 2 N–H and O–H groups in total. The monoisotopic (exact) mass is 296 g/mol. The number of hydrogen-bond donors (Lipinski definition) is 2. The summed E-state index contributed by atoms with van der Waals surface area (Å²) in [6, 6.07) is 0.0573. The van der Waals surface area contributed by atoms with Crippen LogP contribution in [0.5, 0.6) is 0 Å². The van der Waals surface area contributed by atoms with E-state index in [1.165, 1.54) is 0 Å². The van der Waals surface area contributed by atoms with E-state index in [1.807, 2.05) is 13.8 Å². The number of carbonyl (C=O) groups is 2. The van der Waals surface area contributed by atoms with Crippen molar-refractivity contribution >= 4 is 17.6 Å². The Labute approximate surface area is 125 Å². The smallest absolute Gasteiger partial charge is 0.317 e. The summed E-state index contributed by atoms with van der Waals surface area (Å²) in [7, 11) is 0. The highest BCUT2D eigenvalue weighted by Crippen LogP contribution is 2.24. The lowest BCUT2D eigenvalue weighted by Crippen LogP contribution is -2.53. The number of hydrogen-bond acceptors (Lipinski definition) is 4. The summed E-state index contributed by atoms with van der Waals surface area (Å²) in [5.41, 5.74) is -0.0560. The fourth-order valence-electron chi connectivity index (χ4n) is 2.68. The molecule has 0 saturated carbocycles. The van der Waals surface area contributed by atoms with Gasteiger partial charge in [0, 0.05) is 32.1 Å². The van der Waals surface area contributed by atoms with Gasteiger partial charge in [-0.3, -0.25) is 4.79 Å². The van der Waals surface area contributed by atoms with Gasteiger partial charge in [0.15, 0.2) is 0 Å². The van der Waals surface area contributed by atoms with E-state index in [1.54, 1.807) is 11.8 Å². The molecule has 0 spiro atoms. The molecule has 118 valence electrons. The first-order valence-corrected chi connectivity index (χ1v) is 7.50. The summed E-state index contributed by atoms with van der Waals surface area (Å²) in [4.78, 5) is 31.0. The maximum absolute atomic E-state index is 12.3. The lowest BCUT2D eigenvalue weighted by molar-refractivity contribution is -0.142. The molecule has 3 amide bonds. The Bertz CT molecular complexity index is 444. The fraction of sp³-hybridized carbons (Fsp3) is 0.786. The zero-order valence-corrected chi connectivity index (χ0v) is 12.9. The summed E-state index contributed by atoms with van der Waals surface area (Å²) < 4.78 is 0. The van der Waals surface area contributed by atoms with Crippen LogP contribution in [0, 0.1) is 0 Å². The molecule has 7 nitrogen and oxygen atoms in total. The van der Waals surface area contributed by atoms with Gasteiger partial charge in [0.1, 0.15) is 0 Å². The molecule has 21 heavy (non-hydrogen) atoms. The lowest BCUT2D eigenvalue weighted by Gasteiger charge is -2.33. The minimum absolute atomic E-state index is 0.0302. The standard InChI is InChI=1S/C14H24N4O3/c1-4-15-13(20)18-7-5-11(6-8-18)16-12(19)14(3)9-10(2)17-21-14/h11H,4-9H2,1-3H3,(H,15,20)(H,16,19). The van der Waals surface area contributed by atoms with Crippen LogP contribution >= 0.6 is 0 Å². The van der Waals surface area contributed by atoms with Crippen molar-refractivity contribution in [2.24, 2.45) is 5.16 Å². The minimum atomic E-state index is -0.888. The van der Waals surface area contributed by atoms with Crippen molar-refractivity contribution < 1.29 is 14.4 Å². The molecule has 2 heterocycles. The van der Waals surface area contributed by atoms with E-state index in [0.29, 0.717) is 26.1 Å². The molecule has 0 bridgehead atoms. The van der Waals surface area contributed by atoms with Crippen molar-refractivity contribution in [2.45, 2.75) is 51.7 Å². The second-order valence-electron chi connectivity index (χ2n) is 5.90. The quantitative estimate of drug-likeness (QED) is 0.810. The molecule has 0 aromatic rings. The number of piperidine rings is 1. The third-order valence-electron chi connectivity index (χ3n) is 3.92. The van der Waals surface area contributed by atoms with E-state index < -0.39 is 5.60 Å². The normalized spacial score (nSPS) is 26.0. The molecular formula is C14H24N4O3. The van der Waals surface area contributed by atoms with Crippen LogP contribution in [0.3, 0.4) is 0 Å². The molecular weight excluding hydrogens is 272 g/mol. The van der Waals surface area contributed by atoms with E-state index in [0.717, 1.165) is 18.6 Å². The van der Waals surface area contributed by atoms with Gasteiger partial charge in [0.05, 0.1) is 5.71 Å². The van der Waals surface area contributed by atoms with Gasteiger partial charge in [-0.15, -0.1) is 0 Å². The number of urea groups is 1. The van der Waals surface area contributed by atoms with Gasteiger partial charge in [-0.1, -0.05) is 5.16 Å². The molecule has 2 aliphatic heterocycles. The molecule has 0 aromatic heterocycles. The summed E-state index contributed by atoms with van der Waals surface area (Å²) >= 11 is 0. The van der Waals surface area contributed by atoms with Crippen LogP contribution in [0.4, 0.5) is 4.79 Å². The van der Waals surface area contributed by atoms with Crippen molar-refractivity contribution in [3.05, 3.63) is 0 Å². The predicted octanol–water partition coefficient (Wildman–Crippen LogP) is 0.851. The summed E-state index contributed by atoms with van der Waals surface area (Å²) in [6.45, 7) is 7.45. The number of oxime groups is 1. The largest absolute Gasteiger partial charge is 0.379 e. The zero-order chi connectivity index (χ0) is 15.5. The van der Waals surface area contributed by atoms with Crippen molar-refractivity contribution in [1.29, 1.82) is 0 Å². The Balaban J connectivity index is 1.79. The Morgan fingerprint density at radius 2 is 2.10 bits per heavy atom. The van der Waals surface area contributed by atoms with Gasteiger partial charge in [0.2, 0.25) is 5.60 Å². The molecule has 7 heteroatoms. The number of carbonyl (C=O) groups excluding carboxylic acids is 2. The second-order valence-corrected chi connectivity index (χ2v) is 5.90. The molecule has 1 atom stereocenters. The van der Waals surface area contributed by atoms with Gasteiger partial charge in [-0.05, 0) is 33.6 Å². The highest BCUT2D eigenvalue weighted by atomic mass is 16.7. The van der Waals surface area contributed by atoms with E-state index in [9.17, 15) is 9.59 Å². The summed E-state index contributed by atoms with van der Waals surface area (Å²) in [5, 5.41) is 9.66. The number of nitrogens with zero attached hydrogens (tertiary/aromatic N) is 2. The molecule has 2 aliphatic rings. The van der Waals surface area contributed by atoms with Gasteiger partial charge in [-0.25, -0.2) is 4.79 Å². The van der Waals surface area contributed by atoms with Crippen molar-refractivity contribution in [3.8, 4) is 0 Å². The molecule has 0 aliphatic carbocycles. The van der Waals surface area contributed by atoms with E-state index in [-0.39, 0.29) is 18.0 Å². The van der Waals surface area contributed by atoms with Gasteiger partial charge < -0.3 is 20.4 Å². The Morgan fingerprint density at radius 3 is 2.62 bits per heavy atom. The highest BCUT2D eigenvalue weighted by molar-refractivity contribution is 5.94. The maximum Gasteiger partial charge on any atom is 0.317 e. The van der Waals surface area contributed by atoms with E-state index in [4.69, 9.17) is 4.84 Å². The fourth-order valence-corrected chi connectivity index (χ4v) is 2.68. The number of likely N-dealkylation sites (tertiary alicyclic amines) is 1. The third kappa shape index (κ3) is 3.65. The summed E-state index contributed by atoms with van der Waals surface area (Å²) in [5.74, 6) is -0.125. The van der Waals surface area contributed by atoms with Crippen LogP contribution in [0.2, 0.25) is 0 Å². The van der Waals surface area contributed by atoms with E-state index in [2.05, 4.69) is 15.8 Å². The van der Waals surface area contributed by atoms with E-state index >= 15 is 0 Å². The Kier molecular flexibility index (Phi) is 4.69. The van der Waals surface area contributed by atoms with Crippen LogP contribution in [-0.4, -0.2) is 53.8 Å². The Hall–Kier alpha value is -1.79. The zero-order valence-electron chi connectivity index (χ0n) is 12.9. The molecule has 0 radical (unpaired) electrons. The molecule has 1 saturated heterocycles. The van der Waals surface area contributed by atoms with Crippen LogP contribution in [-0.2, 0) is 9.63 Å². The van der Waals surface area contributed by atoms with Gasteiger partial charge in [-0.2, -0.15) is 0 Å². The maximum atomic E-state index is 12.3. The van der Waals surface area contributed by atoms with Gasteiger partial charge in [0.25, 0.3) is 5.91 Å².